The first-order chi connectivity index (χ1) is 28.0. The molecular formula is C48H85NO8P+. The second-order valence-electron chi connectivity index (χ2n) is 16.1. The van der Waals surface area contributed by atoms with E-state index in [1.165, 1.54) is 70.6 Å². The van der Waals surface area contributed by atoms with Crippen molar-refractivity contribution >= 4 is 19.8 Å². The number of carbonyl (C=O) groups excluding carboxylic acids is 2. The number of hydrogen-bond donors (Lipinski definition) is 1. The van der Waals surface area contributed by atoms with Crippen molar-refractivity contribution in [3.8, 4) is 0 Å². The van der Waals surface area contributed by atoms with E-state index in [-0.39, 0.29) is 26.1 Å². The van der Waals surface area contributed by atoms with E-state index in [2.05, 4.69) is 74.6 Å². The summed E-state index contributed by atoms with van der Waals surface area (Å²) in [7, 11) is 1.43. The Morgan fingerprint density at radius 2 is 0.983 bits per heavy atom. The Morgan fingerprint density at radius 1 is 0.552 bits per heavy atom. The minimum atomic E-state index is -4.39. The third-order valence-electron chi connectivity index (χ3n) is 9.26. The van der Waals surface area contributed by atoms with Crippen molar-refractivity contribution in [1.82, 2.24) is 0 Å². The van der Waals surface area contributed by atoms with Crippen molar-refractivity contribution < 1.29 is 42.1 Å². The normalized spacial score (nSPS) is 14.2. The molecule has 0 amide bonds. The molecule has 0 radical (unpaired) electrons. The summed E-state index contributed by atoms with van der Waals surface area (Å²) in [6.45, 7) is 4.22. The van der Waals surface area contributed by atoms with Gasteiger partial charge in [-0.1, -0.05) is 177 Å². The van der Waals surface area contributed by atoms with Crippen molar-refractivity contribution in [2.45, 2.75) is 174 Å². The first-order valence-corrected chi connectivity index (χ1v) is 24.2. The summed E-state index contributed by atoms with van der Waals surface area (Å²) >= 11 is 0. The summed E-state index contributed by atoms with van der Waals surface area (Å²) in [6.07, 6.45) is 49.6. The number of phosphoric acid groups is 1. The first kappa shape index (κ1) is 55.5. The SMILES string of the molecule is CC/C=C/C/C=C/C/C=C/C/C=C/C/C=C/C/C=C/CCC(=O)OCC(COP(=O)(O)OCC[N+](C)(C)C)OC(=O)CCCCCCCCCCCCCCCCC. The summed E-state index contributed by atoms with van der Waals surface area (Å²) in [5, 5.41) is 0. The van der Waals surface area contributed by atoms with Crippen LogP contribution in [-0.2, 0) is 32.7 Å². The van der Waals surface area contributed by atoms with E-state index in [4.69, 9.17) is 18.5 Å². The topological polar surface area (TPSA) is 108 Å². The minimum Gasteiger partial charge on any atom is -0.462 e. The van der Waals surface area contributed by atoms with Gasteiger partial charge in [-0.3, -0.25) is 18.6 Å². The van der Waals surface area contributed by atoms with Crippen LogP contribution in [0.2, 0.25) is 0 Å². The number of likely N-dealkylation sites (N-methyl/N-ethyl adjacent to an activating group) is 1. The van der Waals surface area contributed by atoms with Gasteiger partial charge in [0.1, 0.15) is 19.8 Å². The number of allylic oxidation sites excluding steroid dienone is 12. The lowest BCUT2D eigenvalue weighted by Gasteiger charge is -2.24. The first-order valence-electron chi connectivity index (χ1n) is 22.7. The van der Waals surface area contributed by atoms with Gasteiger partial charge in [-0.2, -0.15) is 0 Å². The molecule has 0 aromatic heterocycles. The molecule has 0 bridgehead atoms. The maximum atomic E-state index is 12.7. The number of carbonyl (C=O) groups is 2. The number of ether oxygens (including phenoxy) is 2. The van der Waals surface area contributed by atoms with Gasteiger partial charge in [0, 0.05) is 12.8 Å². The van der Waals surface area contributed by atoms with Crippen LogP contribution in [0.15, 0.2) is 72.9 Å². The summed E-state index contributed by atoms with van der Waals surface area (Å²) < 4.78 is 34.2. The molecule has 0 saturated carbocycles. The minimum absolute atomic E-state index is 0.0184. The zero-order valence-electron chi connectivity index (χ0n) is 37.5. The van der Waals surface area contributed by atoms with Crippen LogP contribution < -0.4 is 0 Å². The average molecular weight is 835 g/mol. The van der Waals surface area contributed by atoms with E-state index >= 15 is 0 Å². The molecular weight excluding hydrogens is 750 g/mol. The van der Waals surface area contributed by atoms with Crippen LogP contribution in [0, 0.1) is 0 Å². The Balaban J connectivity index is 4.46. The fourth-order valence-electron chi connectivity index (χ4n) is 5.75. The Morgan fingerprint density at radius 3 is 1.43 bits per heavy atom. The standard InChI is InChI=1S/C48H84NO8P/c1-6-8-10-12-14-16-18-20-22-23-24-25-27-28-30-32-34-36-38-40-47(50)54-44-46(45-56-58(52,53)55-43-42-49(3,4)5)57-48(51)41-39-37-35-33-31-29-26-21-19-17-15-13-11-9-7-2/h8,10,14,16,20,22,24-25,28,30,34,36,46H,6-7,9,11-13,15,17-19,21,23,26-27,29,31-33,35,37-45H2,1-5H3/p+1/b10-8+,16-14+,22-20+,25-24+,30-28+,36-34+. The molecule has 0 fully saturated rings. The van der Waals surface area contributed by atoms with Gasteiger partial charge in [0.15, 0.2) is 6.10 Å². The quantitative estimate of drug-likeness (QED) is 0.0214. The van der Waals surface area contributed by atoms with Crippen molar-refractivity contribution in [2.24, 2.45) is 0 Å². The zero-order valence-corrected chi connectivity index (χ0v) is 38.4. The van der Waals surface area contributed by atoms with E-state index in [1.807, 2.05) is 33.3 Å². The third kappa shape index (κ3) is 43.0. The summed E-state index contributed by atoms with van der Waals surface area (Å²) in [4.78, 5) is 35.4. The van der Waals surface area contributed by atoms with Crippen LogP contribution in [0.3, 0.4) is 0 Å². The van der Waals surface area contributed by atoms with Gasteiger partial charge in [0.25, 0.3) is 0 Å². The Bertz CT molecular complexity index is 1220. The van der Waals surface area contributed by atoms with E-state index in [0.717, 1.165) is 57.8 Å². The van der Waals surface area contributed by atoms with E-state index in [1.54, 1.807) is 0 Å². The highest BCUT2D eigenvalue weighted by molar-refractivity contribution is 7.47. The Labute approximate surface area is 355 Å². The molecule has 0 aliphatic carbocycles. The highest BCUT2D eigenvalue weighted by Gasteiger charge is 2.27. The molecule has 9 nitrogen and oxygen atoms in total. The monoisotopic (exact) mass is 835 g/mol. The van der Waals surface area contributed by atoms with Gasteiger partial charge in [0.2, 0.25) is 0 Å². The third-order valence-corrected chi connectivity index (χ3v) is 10.2. The van der Waals surface area contributed by atoms with Crippen molar-refractivity contribution in [3.63, 3.8) is 0 Å². The average Bonchev–Trinajstić information content (AvgIpc) is 3.17. The van der Waals surface area contributed by atoms with Gasteiger partial charge in [-0.15, -0.1) is 0 Å². The molecule has 0 aliphatic heterocycles. The second-order valence-corrected chi connectivity index (χ2v) is 17.5. The molecule has 0 spiro atoms. The van der Waals surface area contributed by atoms with Crippen LogP contribution in [0.1, 0.15) is 168 Å². The fraction of sp³-hybridized carbons (Fsp3) is 0.708. The summed E-state index contributed by atoms with van der Waals surface area (Å²) in [5.41, 5.74) is 0. The van der Waals surface area contributed by atoms with E-state index in [9.17, 15) is 19.0 Å². The number of nitrogens with zero attached hydrogens (tertiary/aromatic N) is 1. The van der Waals surface area contributed by atoms with Crippen LogP contribution in [0.4, 0.5) is 0 Å². The smallest absolute Gasteiger partial charge is 0.462 e. The number of esters is 2. The summed E-state index contributed by atoms with van der Waals surface area (Å²) in [5.74, 6) is -0.898. The lowest BCUT2D eigenvalue weighted by molar-refractivity contribution is -0.870. The molecule has 2 atom stereocenters. The summed E-state index contributed by atoms with van der Waals surface area (Å²) in [6, 6.07) is 0. The van der Waals surface area contributed by atoms with Gasteiger partial charge in [-0.25, -0.2) is 4.57 Å². The van der Waals surface area contributed by atoms with Crippen molar-refractivity contribution in [2.75, 3.05) is 47.5 Å². The molecule has 0 aromatic rings. The van der Waals surface area contributed by atoms with Crippen LogP contribution in [-0.4, -0.2) is 74.9 Å². The molecule has 0 saturated heterocycles. The largest absolute Gasteiger partial charge is 0.472 e. The lowest BCUT2D eigenvalue weighted by atomic mass is 10.0. The van der Waals surface area contributed by atoms with Gasteiger partial charge in [-0.05, 0) is 51.4 Å². The molecule has 58 heavy (non-hydrogen) atoms. The number of unbranched alkanes of at least 4 members (excludes halogenated alkanes) is 14. The van der Waals surface area contributed by atoms with Crippen molar-refractivity contribution in [1.29, 1.82) is 0 Å². The second kappa shape index (κ2) is 39.9. The van der Waals surface area contributed by atoms with E-state index < -0.39 is 32.5 Å². The highest BCUT2D eigenvalue weighted by Crippen LogP contribution is 2.43. The van der Waals surface area contributed by atoms with Crippen molar-refractivity contribution in [3.05, 3.63) is 72.9 Å². The molecule has 0 aliphatic rings. The number of rotatable bonds is 40. The molecule has 0 aromatic carbocycles. The maximum absolute atomic E-state index is 12.7. The van der Waals surface area contributed by atoms with Gasteiger partial charge >= 0.3 is 19.8 Å². The van der Waals surface area contributed by atoms with Gasteiger partial charge in [0.05, 0.1) is 27.7 Å². The number of quaternary nitrogens is 1. The molecule has 0 heterocycles. The molecule has 10 heteroatoms. The number of hydrogen-bond acceptors (Lipinski definition) is 7. The Kier molecular flexibility index (Phi) is 38.1. The molecule has 334 valence electrons. The van der Waals surface area contributed by atoms with Crippen LogP contribution in [0.5, 0.6) is 0 Å². The zero-order chi connectivity index (χ0) is 42.8. The van der Waals surface area contributed by atoms with E-state index in [0.29, 0.717) is 23.9 Å². The fourth-order valence-corrected chi connectivity index (χ4v) is 6.49. The van der Waals surface area contributed by atoms with Crippen LogP contribution in [0.25, 0.3) is 0 Å². The van der Waals surface area contributed by atoms with Gasteiger partial charge < -0.3 is 18.9 Å². The molecule has 1 N–H and O–H groups in total. The predicted molar refractivity (Wildman–Crippen MR) is 242 cm³/mol. The Hall–Kier alpha value is -2.55. The van der Waals surface area contributed by atoms with Crippen LogP contribution >= 0.6 is 7.82 Å². The predicted octanol–water partition coefficient (Wildman–Crippen LogP) is 13.0. The number of phosphoric ester groups is 1. The lowest BCUT2D eigenvalue weighted by Crippen LogP contribution is -2.37. The highest BCUT2D eigenvalue weighted by atomic mass is 31.2. The molecule has 2 unspecified atom stereocenters. The maximum Gasteiger partial charge on any atom is 0.472 e. The molecule has 0 rings (SSSR count).